The summed E-state index contributed by atoms with van der Waals surface area (Å²) in [6.07, 6.45) is 0. The fourth-order valence-electron chi connectivity index (χ4n) is 1.01. The van der Waals surface area contributed by atoms with E-state index in [2.05, 4.69) is 10.3 Å². The van der Waals surface area contributed by atoms with Crippen LogP contribution in [-0.4, -0.2) is 15.0 Å². The van der Waals surface area contributed by atoms with Crippen molar-refractivity contribution in [1.82, 2.24) is 15.0 Å². The van der Waals surface area contributed by atoms with E-state index in [1.54, 1.807) is 10.7 Å². The van der Waals surface area contributed by atoms with Crippen molar-refractivity contribution in [2.24, 2.45) is 7.05 Å². The third-order valence-electron chi connectivity index (χ3n) is 1.57. The molecule has 4 heteroatoms. The Morgan fingerprint density at radius 3 is 3.09 bits per heavy atom. The van der Waals surface area contributed by atoms with Crippen LogP contribution in [0.5, 0.6) is 0 Å². The number of rotatable bonds is 0. The van der Waals surface area contributed by atoms with Crippen LogP contribution >= 0.6 is 11.6 Å². The average molecular weight is 168 g/mol. The van der Waals surface area contributed by atoms with E-state index in [0.717, 1.165) is 11.0 Å². The van der Waals surface area contributed by atoms with Crippen molar-refractivity contribution in [3.63, 3.8) is 0 Å². The highest BCUT2D eigenvalue weighted by molar-refractivity contribution is 6.31. The minimum Gasteiger partial charge on any atom is -0.248 e. The quantitative estimate of drug-likeness (QED) is 0.597. The minimum atomic E-state index is 0.693. The monoisotopic (exact) mass is 167 g/mol. The molecule has 2 aromatic rings. The molecule has 2 rings (SSSR count). The van der Waals surface area contributed by atoms with Gasteiger partial charge in [-0.15, -0.1) is 5.10 Å². The van der Waals surface area contributed by atoms with E-state index in [1.165, 1.54) is 0 Å². The average Bonchev–Trinajstić information content (AvgIpc) is 2.32. The van der Waals surface area contributed by atoms with E-state index in [4.69, 9.17) is 11.6 Å². The Bertz CT molecular complexity index is 393. The molecule has 0 atom stereocenters. The van der Waals surface area contributed by atoms with Gasteiger partial charge in [-0.05, 0) is 18.2 Å². The maximum atomic E-state index is 5.75. The van der Waals surface area contributed by atoms with Crippen molar-refractivity contribution in [1.29, 1.82) is 0 Å². The van der Waals surface area contributed by atoms with Crippen molar-refractivity contribution >= 4 is 22.6 Å². The van der Waals surface area contributed by atoms with Crippen LogP contribution in [0.15, 0.2) is 18.2 Å². The molecule has 0 saturated heterocycles. The molecule has 1 aromatic carbocycles. The highest BCUT2D eigenvalue weighted by Crippen LogP contribution is 2.15. The molecule has 11 heavy (non-hydrogen) atoms. The lowest BCUT2D eigenvalue weighted by molar-refractivity contribution is 0.736. The van der Waals surface area contributed by atoms with Gasteiger partial charge in [-0.3, -0.25) is 0 Å². The van der Waals surface area contributed by atoms with Crippen molar-refractivity contribution in [3.05, 3.63) is 23.2 Å². The lowest BCUT2D eigenvalue weighted by Crippen LogP contribution is -1.88. The molecule has 0 aliphatic heterocycles. The number of aryl methyl sites for hydroxylation is 1. The van der Waals surface area contributed by atoms with Gasteiger partial charge in [-0.25, -0.2) is 4.68 Å². The molecule has 1 heterocycles. The number of benzene rings is 1. The zero-order valence-corrected chi connectivity index (χ0v) is 6.71. The number of hydrogen-bond acceptors (Lipinski definition) is 2. The van der Waals surface area contributed by atoms with Gasteiger partial charge in [0.05, 0.1) is 5.52 Å². The number of fused-ring (bicyclic) bond motifs is 1. The SMILES string of the molecule is Cn1nnc2cc(Cl)ccc21. The highest BCUT2D eigenvalue weighted by atomic mass is 35.5. The Balaban J connectivity index is 2.86. The summed E-state index contributed by atoms with van der Waals surface area (Å²) in [5.41, 5.74) is 1.83. The molecule has 0 radical (unpaired) electrons. The van der Waals surface area contributed by atoms with Gasteiger partial charge in [0, 0.05) is 12.1 Å². The Hall–Kier alpha value is -1.09. The van der Waals surface area contributed by atoms with Crippen LogP contribution in [0.3, 0.4) is 0 Å². The second-order valence-corrected chi connectivity index (χ2v) is 2.78. The summed E-state index contributed by atoms with van der Waals surface area (Å²) in [4.78, 5) is 0. The van der Waals surface area contributed by atoms with Crippen LogP contribution in [0.1, 0.15) is 0 Å². The molecule has 1 aromatic heterocycles. The van der Waals surface area contributed by atoms with Gasteiger partial charge in [0.25, 0.3) is 0 Å². The summed E-state index contributed by atoms with van der Waals surface area (Å²) in [6, 6.07) is 5.52. The number of hydrogen-bond donors (Lipinski definition) is 0. The van der Waals surface area contributed by atoms with Crippen LogP contribution in [-0.2, 0) is 7.05 Å². The van der Waals surface area contributed by atoms with Crippen LogP contribution < -0.4 is 0 Å². The van der Waals surface area contributed by atoms with Gasteiger partial charge in [-0.1, -0.05) is 16.8 Å². The first-order valence-corrected chi connectivity index (χ1v) is 3.60. The van der Waals surface area contributed by atoms with Crippen molar-refractivity contribution in [2.75, 3.05) is 0 Å². The smallest absolute Gasteiger partial charge is 0.114 e. The summed E-state index contributed by atoms with van der Waals surface area (Å²) in [7, 11) is 1.85. The third kappa shape index (κ3) is 0.973. The molecule has 0 saturated carbocycles. The molecule has 0 aliphatic rings. The zero-order valence-electron chi connectivity index (χ0n) is 5.95. The Morgan fingerprint density at radius 1 is 1.45 bits per heavy atom. The molecule has 0 spiro atoms. The highest BCUT2D eigenvalue weighted by Gasteiger charge is 1.99. The molecule has 0 amide bonds. The predicted octanol–water partition coefficient (Wildman–Crippen LogP) is 1.62. The Kier molecular flexibility index (Phi) is 1.32. The summed E-state index contributed by atoms with van der Waals surface area (Å²) < 4.78 is 1.71. The second-order valence-electron chi connectivity index (χ2n) is 2.35. The van der Waals surface area contributed by atoms with E-state index in [1.807, 2.05) is 19.2 Å². The standard InChI is InChI=1S/C7H6ClN3/c1-11-7-3-2-5(8)4-6(7)9-10-11/h2-4H,1H3. The van der Waals surface area contributed by atoms with E-state index in [9.17, 15) is 0 Å². The molecule has 56 valence electrons. The fourth-order valence-corrected chi connectivity index (χ4v) is 1.18. The molecule has 0 unspecified atom stereocenters. The molecule has 3 nitrogen and oxygen atoms in total. The third-order valence-corrected chi connectivity index (χ3v) is 1.81. The van der Waals surface area contributed by atoms with Crippen molar-refractivity contribution in [2.45, 2.75) is 0 Å². The predicted molar refractivity (Wildman–Crippen MR) is 43.5 cm³/mol. The minimum absolute atomic E-state index is 0.693. The van der Waals surface area contributed by atoms with E-state index in [-0.39, 0.29) is 0 Å². The molecular weight excluding hydrogens is 162 g/mol. The van der Waals surface area contributed by atoms with Gasteiger partial charge in [0.1, 0.15) is 5.52 Å². The maximum Gasteiger partial charge on any atom is 0.114 e. The van der Waals surface area contributed by atoms with Crippen LogP contribution in [0.25, 0.3) is 11.0 Å². The number of aromatic nitrogens is 3. The fraction of sp³-hybridized carbons (Fsp3) is 0.143. The number of nitrogens with zero attached hydrogens (tertiary/aromatic N) is 3. The largest absolute Gasteiger partial charge is 0.248 e. The zero-order chi connectivity index (χ0) is 7.84. The maximum absolute atomic E-state index is 5.75. The lowest BCUT2D eigenvalue weighted by atomic mass is 10.3. The second kappa shape index (κ2) is 2.20. The summed E-state index contributed by atoms with van der Waals surface area (Å²) in [5, 5.41) is 8.45. The van der Waals surface area contributed by atoms with Gasteiger partial charge in [0.15, 0.2) is 0 Å². The summed E-state index contributed by atoms with van der Waals surface area (Å²) in [6.45, 7) is 0. The molecule has 0 aliphatic carbocycles. The molecule has 0 bridgehead atoms. The summed E-state index contributed by atoms with van der Waals surface area (Å²) >= 11 is 5.75. The Labute approximate surface area is 68.6 Å². The van der Waals surface area contributed by atoms with Crippen LogP contribution in [0.2, 0.25) is 5.02 Å². The summed E-state index contributed by atoms with van der Waals surface area (Å²) in [5.74, 6) is 0. The van der Waals surface area contributed by atoms with Crippen molar-refractivity contribution in [3.8, 4) is 0 Å². The topological polar surface area (TPSA) is 30.7 Å². The first kappa shape index (κ1) is 6.61. The first-order valence-electron chi connectivity index (χ1n) is 3.22. The number of halogens is 1. The van der Waals surface area contributed by atoms with Gasteiger partial charge in [-0.2, -0.15) is 0 Å². The first-order chi connectivity index (χ1) is 5.27. The normalized spacial score (nSPS) is 10.7. The van der Waals surface area contributed by atoms with Gasteiger partial charge >= 0.3 is 0 Å². The van der Waals surface area contributed by atoms with Gasteiger partial charge < -0.3 is 0 Å². The van der Waals surface area contributed by atoms with Crippen LogP contribution in [0.4, 0.5) is 0 Å². The van der Waals surface area contributed by atoms with Crippen LogP contribution in [0, 0.1) is 0 Å². The lowest BCUT2D eigenvalue weighted by Gasteiger charge is -1.90. The Morgan fingerprint density at radius 2 is 2.27 bits per heavy atom. The van der Waals surface area contributed by atoms with Crippen molar-refractivity contribution < 1.29 is 0 Å². The van der Waals surface area contributed by atoms with E-state index in [0.29, 0.717) is 5.02 Å². The molecule has 0 fully saturated rings. The van der Waals surface area contributed by atoms with E-state index < -0.39 is 0 Å². The molecular formula is C7H6ClN3. The van der Waals surface area contributed by atoms with E-state index >= 15 is 0 Å². The molecule has 0 N–H and O–H groups in total. The van der Waals surface area contributed by atoms with Gasteiger partial charge in [0.2, 0.25) is 0 Å².